The highest BCUT2D eigenvalue weighted by molar-refractivity contribution is 9.10. The first-order valence-electron chi connectivity index (χ1n) is 8.18. The van der Waals surface area contributed by atoms with Crippen LogP contribution in [0.25, 0.3) is 0 Å². The lowest BCUT2D eigenvalue weighted by molar-refractivity contribution is -0.122. The summed E-state index contributed by atoms with van der Waals surface area (Å²) in [4.78, 5) is 14.7. The molecule has 5 heteroatoms. The summed E-state index contributed by atoms with van der Waals surface area (Å²) in [7, 11) is 0. The van der Waals surface area contributed by atoms with E-state index < -0.39 is 6.10 Å². The van der Waals surface area contributed by atoms with Crippen molar-refractivity contribution in [3.63, 3.8) is 0 Å². The Hall–Kier alpha value is -2.01. The largest absolute Gasteiger partial charge is 0.481 e. The molecule has 0 radical (unpaired) electrons. The number of likely N-dealkylation sites (N-methyl/N-ethyl adjacent to an activating group) is 1. The van der Waals surface area contributed by atoms with E-state index >= 15 is 0 Å². The molecule has 1 unspecified atom stereocenters. The van der Waals surface area contributed by atoms with Crippen LogP contribution in [-0.4, -0.2) is 25.1 Å². The number of hydrogen-bond donors (Lipinski definition) is 1. The molecule has 0 saturated carbocycles. The minimum absolute atomic E-state index is 0.154. The average Bonchev–Trinajstić information content (AvgIpc) is 2.99. The number of ether oxygens (including phenoxy) is 1. The van der Waals surface area contributed by atoms with Crippen molar-refractivity contribution in [3.05, 3.63) is 52.5 Å². The van der Waals surface area contributed by atoms with Crippen molar-refractivity contribution in [2.75, 3.05) is 23.3 Å². The fourth-order valence-electron chi connectivity index (χ4n) is 2.87. The number of nitrogens with zero attached hydrogens (tertiary/aromatic N) is 1. The van der Waals surface area contributed by atoms with E-state index in [1.54, 1.807) is 6.92 Å². The number of carbonyl (C=O) groups excluding carboxylic acids is 1. The van der Waals surface area contributed by atoms with Gasteiger partial charge in [-0.15, -0.1) is 0 Å². The van der Waals surface area contributed by atoms with E-state index in [1.807, 2.05) is 30.3 Å². The zero-order valence-electron chi connectivity index (χ0n) is 13.9. The van der Waals surface area contributed by atoms with Gasteiger partial charge in [-0.3, -0.25) is 4.79 Å². The second kappa shape index (κ2) is 7.26. The topological polar surface area (TPSA) is 41.6 Å². The smallest absolute Gasteiger partial charge is 0.265 e. The molecule has 2 aromatic rings. The molecule has 126 valence electrons. The van der Waals surface area contributed by atoms with Crippen molar-refractivity contribution in [1.82, 2.24) is 0 Å². The monoisotopic (exact) mass is 388 g/mol. The molecule has 1 aliphatic heterocycles. The number of carbonyl (C=O) groups is 1. The molecule has 0 saturated heterocycles. The molecule has 2 aromatic carbocycles. The number of halogens is 1. The third kappa shape index (κ3) is 3.73. The minimum Gasteiger partial charge on any atom is -0.481 e. The second-order valence-corrected chi connectivity index (χ2v) is 6.79. The molecule has 0 aromatic heterocycles. The van der Waals surface area contributed by atoms with Crippen LogP contribution in [0, 0.1) is 0 Å². The van der Waals surface area contributed by atoms with Gasteiger partial charge in [0.15, 0.2) is 6.10 Å². The van der Waals surface area contributed by atoms with E-state index in [0.717, 1.165) is 29.7 Å². The van der Waals surface area contributed by atoms with Crippen molar-refractivity contribution in [2.45, 2.75) is 26.4 Å². The molecule has 1 N–H and O–H groups in total. The average molecular weight is 389 g/mol. The first-order valence-corrected chi connectivity index (χ1v) is 8.97. The van der Waals surface area contributed by atoms with Crippen LogP contribution >= 0.6 is 15.9 Å². The Balaban J connectivity index is 1.65. The van der Waals surface area contributed by atoms with Gasteiger partial charge in [0.1, 0.15) is 5.75 Å². The summed E-state index contributed by atoms with van der Waals surface area (Å²) in [5.41, 5.74) is 3.37. The molecule has 1 heterocycles. The lowest BCUT2D eigenvalue weighted by Crippen LogP contribution is -2.30. The Morgan fingerprint density at radius 3 is 2.75 bits per heavy atom. The molecule has 0 spiro atoms. The van der Waals surface area contributed by atoms with Crippen molar-refractivity contribution in [2.24, 2.45) is 0 Å². The van der Waals surface area contributed by atoms with E-state index in [9.17, 15) is 4.79 Å². The Kier molecular flexibility index (Phi) is 5.09. The highest BCUT2D eigenvalue weighted by Crippen LogP contribution is 2.30. The van der Waals surface area contributed by atoms with Crippen molar-refractivity contribution >= 4 is 33.2 Å². The van der Waals surface area contributed by atoms with Gasteiger partial charge in [0.05, 0.1) is 0 Å². The fraction of sp³-hybridized carbons (Fsp3) is 0.316. The van der Waals surface area contributed by atoms with Gasteiger partial charge >= 0.3 is 0 Å². The zero-order valence-corrected chi connectivity index (χ0v) is 15.5. The number of fused-ring (bicyclic) bond motifs is 1. The van der Waals surface area contributed by atoms with Crippen LogP contribution in [0.1, 0.15) is 19.4 Å². The van der Waals surface area contributed by atoms with Crippen molar-refractivity contribution < 1.29 is 9.53 Å². The van der Waals surface area contributed by atoms with Crippen molar-refractivity contribution in [3.8, 4) is 5.75 Å². The molecular weight excluding hydrogens is 368 g/mol. The molecule has 0 aliphatic carbocycles. The van der Waals surface area contributed by atoms with Gasteiger partial charge in [-0.2, -0.15) is 0 Å². The van der Waals surface area contributed by atoms with Gasteiger partial charge in [-0.25, -0.2) is 0 Å². The number of hydrogen-bond acceptors (Lipinski definition) is 3. The van der Waals surface area contributed by atoms with Crippen LogP contribution in [0.15, 0.2) is 46.9 Å². The molecule has 3 rings (SSSR count). The third-order valence-corrected chi connectivity index (χ3v) is 4.75. The zero-order chi connectivity index (χ0) is 17.1. The molecule has 4 nitrogen and oxygen atoms in total. The lowest BCUT2D eigenvalue weighted by Gasteiger charge is -2.18. The quantitative estimate of drug-likeness (QED) is 0.832. The van der Waals surface area contributed by atoms with Crippen LogP contribution < -0.4 is 15.0 Å². The minimum atomic E-state index is -0.568. The van der Waals surface area contributed by atoms with Gasteiger partial charge in [0.25, 0.3) is 5.91 Å². The van der Waals surface area contributed by atoms with Crippen LogP contribution in [0.3, 0.4) is 0 Å². The molecule has 24 heavy (non-hydrogen) atoms. The number of amides is 1. The molecule has 1 atom stereocenters. The first-order chi connectivity index (χ1) is 11.6. The highest BCUT2D eigenvalue weighted by Gasteiger charge is 2.19. The molecule has 0 fully saturated rings. The standard InChI is InChI=1S/C19H21BrN2O2/c1-3-22-11-10-14-4-7-16(12-18(14)22)21-19(23)13(2)24-17-8-5-15(20)6-9-17/h4-9,12-13H,3,10-11H2,1-2H3,(H,21,23). The van der Waals surface area contributed by atoms with Gasteiger partial charge in [0, 0.05) is 28.9 Å². The predicted molar refractivity (Wildman–Crippen MR) is 101 cm³/mol. The van der Waals surface area contributed by atoms with E-state index in [0.29, 0.717) is 5.75 Å². The maximum absolute atomic E-state index is 12.4. The van der Waals surface area contributed by atoms with Gasteiger partial charge in [-0.1, -0.05) is 22.0 Å². The summed E-state index contributed by atoms with van der Waals surface area (Å²) in [6.45, 7) is 5.93. The molecule has 1 amide bonds. The number of nitrogens with one attached hydrogen (secondary N) is 1. The Labute approximate surface area is 150 Å². The third-order valence-electron chi connectivity index (χ3n) is 4.22. The fourth-order valence-corrected chi connectivity index (χ4v) is 3.13. The van der Waals surface area contributed by atoms with E-state index in [4.69, 9.17) is 4.74 Å². The summed E-state index contributed by atoms with van der Waals surface area (Å²) in [5.74, 6) is 0.519. The van der Waals surface area contributed by atoms with Crippen molar-refractivity contribution in [1.29, 1.82) is 0 Å². The number of anilines is 2. The summed E-state index contributed by atoms with van der Waals surface area (Å²) < 4.78 is 6.67. The molecule has 0 bridgehead atoms. The van der Waals surface area contributed by atoms with Crippen LogP contribution in [0.4, 0.5) is 11.4 Å². The van der Waals surface area contributed by atoms with E-state index in [2.05, 4.69) is 45.2 Å². The SMILES string of the molecule is CCN1CCc2ccc(NC(=O)C(C)Oc3ccc(Br)cc3)cc21. The van der Waals surface area contributed by atoms with Crippen LogP contribution in [0.5, 0.6) is 5.75 Å². The normalized spacial score (nSPS) is 14.2. The summed E-state index contributed by atoms with van der Waals surface area (Å²) in [5, 5.41) is 2.95. The predicted octanol–water partition coefficient (Wildman–Crippen LogP) is 4.24. The molecule has 1 aliphatic rings. The summed E-state index contributed by atoms with van der Waals surface area (Å²) in [6.07, 6.45) is 0.502. The van der Waals surface area contributed by atoms with E-state index in [-0.39, 0.29) is 5.91 Å². The van der Waals surface area contributed by atoms with Gasteiger partial charge < -0.3 is 15.0 Å². The first kappa shape index (κ1) is 16.8. The highest BCUT2D eigenvalue weighted by atomic mass is 79.9. The summed E-state index contributed by atoms with van der Waals surface area (Å²) >= 11 is 3.38. The number of rotatable bonds is 5. The Bertz CT molecular complexity index is 731. The van der Waals surface area contributed by atoms with E-state index in [1.165, 1.54) is 11.3 Å². The number of benzene rings is 2. The van der Waals surface area contributed by atoms with Gasteiger partial charge in [-0.05, 0) is 62.2 Å². The van der Waals surface area contributed by atoms with Crippen LogP contribution in [-0.2, 0) is 11.2 Å². The maximum atomic E-state index is 12.4. The second-order valence-electron chi connectivity index (χ2n) is 5.88. The van der Waals surface area contributed by atoms with Crippen LogP contribution in [0.2, 0.25) is 0 Å². The van der Waals surface area contributed by atoms with Gasteiger partial charge in [0.2, 0.25) is 0 Å². The molecular formula is C19H21BrN2O2. The maximum Gasteiger partial charge on any atom is 0.265 e. The summed E-state index contributed by atoms with van der Waals surface area (Å²) in [6, 6.07) is 13.6. The lowest BCUT2D eigenvalue weighted by atomic mass is 10.1. The Morgan fingerprint density at radius 2 is 2.04 bits per heavy atom. The Morgan fingerprint density at radius 1 is 1.29 bits per heavy atom.